The molecule has 1 atom stereocenters. The molecular weight excluding hydrogens is 425 g/mol. The highest BCUT2D eigenvalue weighted by atomic mass is 19.1. The average molecular weight is 452 g/mol. The second kappa shape index (κ2) is 9.55. The van der Waals surface area contributed by atoms with Crippen molar-refractivity contribution in [1.82, 2.24) is 29.7 Å². The SMILES string of the molecule is CC(Nc1ccn2ncc(-c3cn[nH]c3)c2n1)c1cc(F)ccc1OCCN1CCOCC1. The lowest BCUT2D eigenvalue weighted by molar-refractivity contribution is 0.0322. The number of morpholine rings is 1. The zero-order valence-electron chi connectivity index (χ0n) is 18.4. The third-order valence-corrected chi connectivity index (χ3v) is 5.75. The van der Waals surface area contributed by atoms with Crippen molar-refractivity contribution in [3.05, 3.63) is 60.4 Å². The number of aromatic amines is 1. The van der Waals surface area contributed by atoms with Gasteiger partial charge in [-0.3, -0.25) is 10.00 Å². The summed E-state index contributed by atoms with van der Waals surface area (Å²) in [6, 6.07) is 6.24. The van der Waals surface area contributed by atoms with Crippen molar-refractivity contribution in [2.45, 2.75) is 13.0 Å². The van der Waals surface area contributed by atoms with Gasteiger partial charge < -0.3 is 14.8 Å². The van der Waals surface area contributed by atoms with Crippen LogP contribution in [0.1, 0.15) is 18.5 Å². The molecule has 1 saturated heterocycles. The number of ether oxygens (including phenoxy) is 2. The van der Waals surface area contributed by atoms with Gasteiger partial charge in [0, 0.05) is 48.7 Å². The second-order valence-electron chi connectivity index (χ2n) is 7.98. The fraction of sp³-hybridized carbons (Fsp3) is 0.348. The van der Waals surface area contributed by atoms with Crippen LogP contribution in [0.25, 0.3) is 16.8 Å². The summed E-state index contributed by atoms with van der Waals surface area (Å²) in [5.74, 6) is 1.01. The number of fused-ring (bicyclic) bond motifs is 1. The van der Waals surface area contributed by atoms with Crippen molar-refractivity contribution in [3.8, 4) is 16.9 Å². The van der Waals surface area contributed by atoms with E-state index in [-0.39, 0.29) is 11.9 Å². The first-order valence-corrected chi connectivity index (χ1v) is 11.0. The van der Waals surface area contributed by atoms with Gasteiger partial charge in [-0.05, 0) is 31.2 Å². The van der Waals surface area contributed by atoms with Crippen molar-refractivity contribution in [2.75, 3.05) is 44.8 Å². The Morgan fingerprint density at radius 3 is 2.94 bits per heavy atom. The quantitative estimate of drug-likeness (QED) is 0.425. The molecule has 1 aliphatic heterocycles. The van der Waals surface area contributed by atoms with E-state index in [1.54, 1.807) is 29.2 Å². The molecule has 4 heterocycles. The molecule has 1 fully saturated rings. The molecule has 1 unspecified atom stereocenters. The Morgan fingerprint density at radius 2 is 2.12 bits per heavy atom. The maximum atomic E-state index is 14.1. The van der Waals surface area contributed by atoms with Crippen LogP contribution in [-0.2, 0) is 4.74 Å². The minimum Gasteiger partial charge on any atom is -0.492 e. The number of benzene rings is 1. The van der Waals surface area contributed by atoms with E-state index < -0.39 is 0 Å². The van der Waals surface area contributed by atoms with E-state index in [0.717, 1.165) is 49.5 Å². The largest absolute Gasteiger partial charge is 0.492 e. The highest BCUT2D eigenvalue weighted by Crippen LogP contribution is 2.29. The van der Waals surface area contributed by atoms with Crippen LogP contribution < -0.4 is 10.1 Å². The van der Waals surface area contributed by atoms with E-state index >= 15 is 0 Å². The first-order valence-electron chi connectivity index (χ1n) is 11.0. The summed E-state index contributed by atoms with van der Waals surface area (Å²) in [6.07, 6.45) is 7.13. The molecule has 3 aromatic heterocycles. The first kappa shape index (κ1) is 21.4. The smallest absolute Gasteiger partial charge is 0.165 e. The van der Waals surface area contributed by atoms with Crippen molar-refractivity contribution in [2.24, 2.45) is 0 Å². The molecule has 4 aromatic rings. The van der Waals surface area contributed by atoms with Gasteiger partial charge in [-0.15, -0.1) is 0 Å². The predicted molar refractivity (Wildman–Crippen MR) is 122 cm³/mol. The second-order valence-corrected chi connectivity index (χ2v) is 7.98. The highest BCUT2D eigenvalue weighted by Gasteiger charge is 2.16. The number of nitrogens with zero attached hydrogens (tertiary/aromatic N) is 5. The Bertz CT molecular complexity index is 1200. The highest BCUT2D eigenvalue weighted by molar-refractivity contribution is 5.76. The fourth-order valence-electron chi connectivity index (χ4n) is 3.95. The monoisotopic (exact) mass is 451 g/mol. The number of nitrogens with one attached hydrogen (secondary N) is 2. The summed E-state index contributed by atoms with van der Waals surface area (Å²) in [5.41, 5.74) is 3.22. The molecular formula is C23H26FN7O2. The molecule has 1 aliphatic rings. The molecule has 0 aliphatic carbocycles. The van der Waals surface area contributed by atoms with Gasteiger partial charge in [0.2, 0.25) is 0 Å². The lowest BCUT2D eigenvalue weighted by Gasteiger charge is -2.26. The molecule has 172 valence electrons. The third-order valence-electron chi connectivity index (χ3n) is 5.75. The Hall–Kier alpha value is -3.50. The molecule has 0 radical (unpaired) electrons. The number of rotatable bonds is 8. The van der Waals surface area contributed by atoms with Crippen LogP contribution in [0, 0.1) is 5.82 Å². The Kier molecular flexibility index (Phi) is 6.18. The van der Waals surface area contributed by atoms with Crippen molar-refractivity contribution >= 4 is 11.5 Å². The molecule has 0 spiro atoms. The normalized spacial score (nSPS) is 15.6. The standard InChI is InChI=1S/C23H26FN7O2/c1-16(19-12-18(24)2-3-21(19)33-11-8-30-6-9-32-10-7-30)28-22-4-5-31-23(29-22)20(15-27-31)17-13-25-26-14-17/h2-5,12-16H,6-11H2,1H3,(H,25,26)(H,28,29). The summed E-state index contributed by atoms with van der Waals surface area (Å²) in [4.78, 5) is 7.03. The lowest BCUT2D eigenvalue weighted by Crippen LogP contribution is -2.38. The van der Waals surface area contributed by atoms with Gasteiger partial charge in [0.15, 0.2) is 5.65 Å². The topological polar surface area (TPSA) is 92.6 Å². The van der Waals surface area contributed by atoms with Crippen LogP contribution in [0.5, 0.6) is 5.75 Å². The van der Waals surface area contributed by atoms with Crippen molar-refractivity contribution in [3.63, 3.8) is 0 Å². The van der Waals surface area contributed by atoms with Gasteiger partial charge in [0.1, 0.15) is 24.0 Å². The van der Waals surface area contributed by atoms with E-state index in [9.17, 15) is 4.39 Å². The molecule has 0 amide bonds. The lowest BCUT2D eigenvalue weighted by atomic mass is 10.1. The van der Waals surface area contributed by atoms with Gasteiger partial charge in [-0.25, -0.2) is 13.9 Å². The maximum Gasteiger partial charge on any atom is 0.165 e. The summed E-state index contributed by atoms with van der Waals surface area (Å²) >= 11 is 0. The molecule has 5 rings (SSSR count). The van der Waals surface area contributed by atoms with E-state index in [4.69, 9.17) is 14.5 Å². The summed E-state index contributed by atoms with van der Waals surface area (Å²) in [7, 11) is 0. The number of aromatic nitrogens is 5. The summed E-state index contributed by atoms with van der Waals surface area (Å²) in [5, 5.41) is 14.5. The van der Waals surface area contributed by atoms with Gasteiger partial charge in [0.05, 0.1) is 31.6 Å². The van der Waals surface area contributed by atoms with Gasteiger partial charge in [-0.1, -0.05) is 0 Å². The van der Waals surface area contributed by atoms with E-state index in [1.165, 1.54) is 12.1 Å². The first-order chi connectivity index (χ1) is 16.2. The van der Waals surface area contributed by atoms with Gasteiger partial charge in [-0.2, -0.15) is 10.2 Å². The van der Waals surface area contributed by atoms with E-state index in [1.807, 2.05) is 19.2 Å². The van der Waals surface area contributed by atoms with Gasteiger partial charge >= 0.3 is 0 Å². The average Bonchev–Trinajstić information content (AvgIpc) is 3.50. The molecule has 10 heteroatoms. The number of H-pyrrole nitrogens is 1. The van der Waals surface area contributed by atoms with Crippen LogP contribution in [-0.4, -0.2) is 69.2 Å². The van der Waals surface area contributed by atoms with Crippen LogP contribution >= 0.6 is 0 Å². The summed E-state index contributed by atoms with van der Waals surface area (Å²) < 4.78 is 27.2. The minimum atomic E-state index is -0.305. The molecule has 0 saturated carbocycles. The van der Waals surface area contributed by atoms with Crippen LogP contribution in [0.3, 0.4) is 0 Å². The molecule has 1 aromatic carbocycles. The van der Waals surface area contributed by atoms with E-state index in [0.29, 0.717) is 23.8 Å². The Balaban J connectivity index is 1.32. The number of hydrogen-bond acceptors (Lipinski definition) is 7. The van der Waals surface area contributed by atoms with Crippen LogP contribution in [0.4, 0.5) is 10.2 Å². The summed E-state index contributed by atoms with van der Waals surface area (Å²) in [6.45, 7) is 6.60. The van der Waals surface area contributed by atoms with Gasteiger partial charge in [0.25, 0.3) is 0 Å². The fourth-order valence-corrected chi connectivity index (χ4v) is 3.95. The Labute approximate surface area is 190 Å². The predicted octanol–water partition coefficient (Wildman–Crippen LogP) is 3.14. The third kappa shape index (κ3) is 4.81. The zero-order valence-corrected chi connectivity index (χ0v) is 18.4. The Morgan fingerprint density at radius 1 is 1.24 bits per heavy atom. The van der Waals surface area contributed by atoms with Crippen LogP contribution in [0.2, 0.25) is 0 Å². The zero-order chi connectivity index (χ0) is 22.6. The molecule has 33 heavy (non-hydrogen) atoms. The van der Waals surface area contributed by atoms with Crippen LogP contribution in [0.15, 0.2) is 49.1 Å². The number of halogens is 1. The minimum absolute atomic E-state index is 0.227. The van der Waals surface area contributed by atoms with Crippen molar-refractivity contribution < 1.29 is 13.9 Å². The maximum absolute atomic E-state index is 14.1. The molecule has 2 N–H and O–H groups in total. The van der Waals surface area contributed by atoms with E-state index in [2.05, 4.69) is 25.5 Å². The van der Waals surface area contributed by atoms with Crippen molar-refractivity contribution in [1.29, 1.82) is 0 Å². The molecule has 0 bridgehead atoms. The molecule has 9 nitrogen and oxygen atoms in total. The number of hydrogen-bond donors (Lipinski definition) is 2. The number of anilines is 1.